The quantitative estimate of drug-likeness (QED) is 0.580. The van der Waals surface area contributed by atoms with Crippen molar-refractivity contribution in [2.75, 3.05) is 0 Å². The highest BCUT2D eigenvalue weighted by molar-refractivity contribution is 6.92. The van der Waals surface area contributed by atoms with Crippen molar-refractivity contribution in [3.63, 3.8) is 0 Å². The van der Waals surface area contributed by atoms with Crippen molar-refractivity contribution >= 4 is 21.5 Å². The lowest BCUT2D eigenvalue weighted by atomic mass is 10.3. The molecule has 0 fully saturated rings. The molecule has 50 valence electrons. The zero-order valence-electron chi connectivity index (χ0n) is 4.84. The molecule has 0 aliphatic heterocycles. The van der Waals surface area contributed by atoms with E-state index in [1.807, 2.05) is 0 Å². The zero-order valence-corrected chi connectivity index (χ0v) is 7.01. The van der Waals surface area contributed by atoms with Gasteiger partial charge in [-0.05, 0) is 12.1 Å². The number of hydrogen-bond donors (Lipinski definition) is 1. The average Bonchev–Trinajstić information content (AvgIpc) is 1.77. The molecule has 0 bridgehead atoms. The van der Waals surface area contributed by atoms with E-state index in [-0.39, 0.29) is 15.6 Å². The summed E-state index contributed by atoms with van der Waals surface area (Å²) < 4.78 is 0. The van der Waals surface area contributed by atoms with Crippen LogP contribution in [0.1, 0.15) is 0 Å². The second-order valence-corrected chi connectivity index (χ2v) is 1.86. The predicted molar refractivity (Wildman–Crippen MR) is 44.2 cm³/mol. The molecule has 1 aromatic rings. The molecule has 3 heteroatoms. The van der Waals surface area contributed by atoms with Gasteiger partial charge in [-0.3, -0.25) is 0 Å². The van der Waals surface area contributed by atoms with Gasteiger partial charge in [0.2, 0.25) is 0 Å². The van der Waals surface area contributed by atoms with E-state index >= 15 is 0 Å². The Morgan fingerprint density at radius 2 is 1.78 bits per heavy atom. The van der Waals surface area contributed by atoms with E-state index in [9.17, 15) is 0 Å². The molecule has 0 spiro atoms. The molecule has 1 rings (SSSR count). The van der Waals surface area contributed by atoms with Gasteiger partial charge in [-0.15, -0.1) is 0 Å². The van der Waals surface area contributed by atoms with Gasteiger partial charge in [0, 0.05) is 0 Å². The Bertz CT molecular complexity index is 169. The van der Waals surface area contributed by atoms with Crippen LogP contribution in [-0.4, -0.2) is 5.11 Å². The van der Waals surface area contributed by atoms with Gasteiger partial charge in [-0.2, -0.15) is 9.90 Å². The summed E-state index contributed by atoms with van der Waals surface area (Å²) in [5.74, 6) is 0.133. The van der Waals surface area contributed by atoms with Crippen LogP contribution in [0.4, 0.5) is 0 Å². The number of para-hydroxylation sites is 1. The standard InChI is InChI=1S/C6H5ClO.H3P/c7-5-3-1-2-4-6(5)8;/h1-4,8H;1H3. The fraction of sp³-hybridized carbons (Fsp3) is 0. The smallest absolute Gasteiger partial charge is 0.134 e. The van der Waals surface area contributed by atoms with Gasteiger partial charge in [-0.25, -0.2) is 0 Å². The van der Waals surface area contributed by atoms with E-state index in [1.165, 1.54) is 0 Å². The summed E-state index contributed by atoms with van der Waals surface area (Å²) in [6.45, 7) is 0. The number of aromatic hydroxyl groups is 1. The maximum Gasteiger partial charge on any atom is 0.134 e. The molecular formula is C6H8ClOP. The minimum absolute atomic E-state index is 0. The van der Waals surface area contributed by atoms with E-state index < -0.39 is 0 Å². The van der Waals surface area contributed by atoms with Gasteiger partial charge in [0.25, 0.3) is 0 Å². The van der Waals surface area contributed by atoms with Gasteiger partial charge in [0.15, 0.2) is 0 Å². The normalized spacial score (nSPS) is 8.11. The molecule has 0 saturated carbocycles. The summed E-state index contributed by atoms with van der Waals surface area (Å²) in [4.78, 5) is 0. The van der Waals surface area contributed by atoms with Crippen LogP contribution in [0.25, 0.3) is 0 Å². The van der Waals surface area contributed by atoms with E-state index in [2.05, 4.69) is 0 Å². The van der Waals surface area contributed by atoms with Crippen molar-refractivity contribution < 1.29 is 5.11 Å². The molecule has 1 aromatic carbocycles. The minimum atomic E-state index is 0. The Balaban J connectivity index is 0.000000640. The van der Waals surface area contributed by atoms with Crippen LogP contribution < -0.4 is 0 Å². The van der Waals surface area contributed by atoms with Crippen molar-refractivity contribution in [3.05, 3.63) is 29.3 Å². The lowest BCUT2D eigenvalue weighted by Gasteiger charge is -1.89. The number of hydrogen-bond acceptors (Lipinski definition) is 1. The summed E-state index contributed by atoms with van der Waals surface area (Å²) in [7, 11) is 0. The summed E-state index contributed by atoms with van der Waals surface area (Å²) in [6.07, 6.45) is 0. The van der Waals surface area contributed by atoms with Crippen molar-refractivity contribution in [1.82, 2.24) is 0 Å². The summed E-state index contributed by atoms with van der Waals surface area (Å²) in [5.41, 5.74) is 0. The van der Waals surface area contributed by atoms with Crippen LogP contribution in [0.5, 0.6) is 5.75 Å². The Kier molecular flexibility index (Phi) is 3.60. The predicted octanol–water partition coefficient (Wildman–Crippen LogP) is 2.10. The van der Waals surface area contributed by atoms with Crippen molar-refractivity contribution in [2.24, 2.45) is 0 Å². The highest BCUT2D eigenvalue weighted by Gasteiger charge is 1.89. The molecule has 0 heterocycles. The first kappa shape index (κ1) is 8.74. The maximum absolute atomic E-state index is 8.79. The summed E-state index contributed by atoms with van der Waals surface area (Å²) in [6, 6.07) is 6.67. The number of phenols is 1. The Morgan fingerprint density at radius 1 is 1.22 bits per heavy atom. The third-order valence-corrected chi connectivity index (χ3v) is 1.17. The fourth-order valence-electron chi connectivity index (χ4n) is 0.452. The topological polar surface area (TPSA) is 20.2 Å². The summed E-state index contributed by atoms with van der Waals surface area (Å²) in [5, 5.41) is 9.18. The largest absolute Gasteiger partial charge is 0.506 e. The third kappa shape index (κ3) is 2.21. The van der Waals surface area contributed by atoms with Crippen LogP contribution in [0.15, 0.2) is 24.3 Å². The van der Waals surface area contributed by atoms with Crippen LogP contribution >= 0.6 is 21.5 Å². The lowest BCUT2D eigenvalue weighted by Crippen LogP contribution is -1.62. The molecule has 0 aromatic heterocycles. The Hall–Kier alpha value is -0.260. The van der Waals surface area contributed by atoms with Gasteiger partial charge in [0.05, 0.1) is 5.02 Å². The summed E-state index contributed by atoms with van der Waals surface area (Å²) >= 11 is 5.46. The van der Waals surface area contributed by atoms with Crippen molar-refractivity contribution in [3.8, 4) is 5.75 Å². The molecule has 0 saturated heterocycles. The van der Waals surface area contributed by atoms with E-state index in [1.54, 1.807) is 24.3 Å². The van der Waals surface area contributed by atoms with Crippen LogP contribution in [0.3, 0.4) is 0 Å². The molecule has 1 N–H and O–H groups in total. The lowest BCUT2D eigenvalue weighted by molar-refractivity contribution is 0.475. The molecule has 0 radical (unpaired) electrons. The van der Waals surface area contributed by atoms with E-state index in [4.69, 9.17) is 16.7 Å². The minimum Gasteiger partial charge on any atom is -0.506 e. The van der Waals surface area contributed by atoms with Crippen LogP contribution in [0.2, 0.25) is 5.02 Å². The highest BCUT2D eigenvalue weighted by Crippen LogP contribution is 2.20. The monoisotopic (exact) mass is 162 g/mol. The molecule has 9 heavy (non-hydrogen) atoms. The first-order chi connectivity index (χ1) is 3.80. The number of halogens is 1. The van der Waals surface area contributed by atoms with Gasteiger partial charge in [-0.1, -0.05) is 23.7 Å². The number of benzene rings is 1. The van der Waals surface area contributed by atoms with Crippen molar-refractivity contribution in [2.45, 2.75) is 0 Å². The molecule has 0 aliphatic rings. The van der Waals surface area contributed by atoms with E-state index in [0.29, 0.717) is 5.02 Å². The average molecular weight is 163 g/mol. The van der Waals surface area contributed by atoms with Crippen molar-refractivity contribution in [1.29, 1.82) is 0 Å². The Labute approximate surface area is 62.3 Å². The third-order valence-electron chi connectivity index (χ3n) is 0.852. The van der Waals surface area contributed by atoms with Gasteiger partial charge >= 0.3 is 0 Å². The molecule has 1 atom stereocenters. The zero-order chi connectivity index (χ0) is 5.98. The van der Waals surface area contributed by atoms with Gasteiger partial charge in [0.1, 0.15) is 5.75 Å². The van der Waals surface area contributed by atoms with Crippen LogP contribution in [0, 0.1) is 0 Å². The number of rotatable bonds is 0. The maximum atomic E-state index is 8.79. The Morgan fingerprint density at radius 3 is 2.11 bits per heavy atom. The molecular weight excluding hydrogens is 154 g/mol. The van der Waals surface area contributed by atoms with Gasteiger partial charge < -0.3 is 5.11 Å². The first-order valence-corrected chi connectivity index (χ1v) is 2.62. The second-order valence-electron chi connectivity index (χ2n) is 1.45. The molecule has 1 nitrogen and oxygen atoms in total. The number of phenolic OH excluding ortho intramolecular Hbond substituents is 1. The second kappa shape index (κ2) is 3.71. The highest BCUT2D eigenvalue weighted by atomic mass is 35.5. The SMILES string of the molecule is Oc1ccccc1Cl.P. The molecule has 1 unspecified atom stereocenters. The fourth-order valence-corrected chi connectivity index (χ4v) is 0.587. The van der Waals surface area contributed by atoms with Crippen LogP contribution in [-0.2, 0) is 0 Å². The first-order valence-electron chi connectivity index (χ1n) is 2.24. The molecule has 0 amide bonds. The van der Waals surface area contributed by atoms with E-state index in [0.717, 1.165) is 0 Å². The molecule has 0 aliphatic carbocycles.